The van der Waals surface area contributed by atoms with Gasteiger partial charge in [-0.05, 0) is 55.2 Å². The minimum atomic E-state index is -0.250. The fraction of sp³-hybridized carbons (Fsp3) is 0.250. The van der Waals surface area contributed by atoms with Gasteiger partial charge in [-0.2, -0.15) is 0 Å². The smallest absolute Gasteiger partial charge is 0.255 e. The highest BCUT2D eigenvalue weighted by Gasteiger charge is 2.28. The zero-order valence-electron chi connectivity index (χ0n) is 15.6. The van der Waals surface area contributed by atoms with Gasteiger partial charge in [-0.15, -0.1) is 24.8 Å². The Hall–Kier alpha value is -2.61. The fourth-order valence-electron chi connectivity index (χ4n) is 3.02. The van der Waals surface area contributed by atoms with Gasteiger partial charge >= 0.3 is 0 Å². The van der Waals surface area contributed by atoms with Crippen LogP contribution in [0.3, 0.4) is 0 Å². The van der Waals surface area contributed by atoms with E-state index in [1.807, 2.05) is 0 Å². The Morgan fingerprint density at radius 1 is 1.10 bits per heavy atom. The molecule has 1 fully saturated rings. The van der Waals surface area contributed by atoms with E-state index >= 15 is 0 Å². The van der Waals surface area contributed by atoms with E-state index in [4.69, 9.17) is 5.73 Å². The average molecular weight is 436 g/mol. The van der Waals surface area contributed by atoms with Gasteiger partial charge in [-0.25, -0.2) is 4.98 Å². The Morgan fingerprint density at radius 2 is 1.86 bits per heavy atom. The van der Waals surface area contributed by atoms with Crippen LogP contribution >= 0.6 is 24.8 Å². The maximum atomic E-state index is 12.5. The molecule has 1 aliphatic carbocycles. The standard InChI is InChI=1S/C20H21N5O2.2ClH/c21-16(12-4-5-12)10-22-19(26)13-2-1-3-15(8-13)25-20(27)14-6-7-17-18(9-14)24-11-23-17;;/h1-3,6-9,11-12,16H,4-5,10,21H2,(H,22,26)(H,23,24)(H,25,27);2*1H. The average Bonchev–Trinajstić information content (AvgIpc) is 3.43. The lowest BCUT2D eigenvalue weighted by Crippen LogP contribution is -2.38. The molecule has 0 radical (unpaired) electrons. The molecule has 3 aromatic rings. The minimum Gasteiger partial charge on any atom is -0.350 e. The van der Waals surface area contributed by atoms with Gasteiger partial charge in [0.15, 0.2) is 0 Å². The van der Waals surface area contributed by atoms with Crippen molar-refractivity contribution in [2.24, 2.45) is 11.7 Å². The van der Waals surface area contributed by atoms with Crippen LogP contribution in [-0.2, 0) is 0 Å². The number of fused-ring (bicyclic) bond motifs is 1. The number of aromatic nitrogens is 2. The molecule has 29 heavy (non-hydrogen) atoms. The van der Waals surface area contributed by atoms with Gasteiger partial charge in [0.1, 0.15) is 0 Å². The number of amides is 2. The van der Waals surface area contributed by atoms with E-state index in [-0.39, 0.29) is 42.7 Å². The van der Waals surface area contributed by atoms with Crippen LogP contribution in [0.2, 0.25) is 0 Å². The second kappa shape index (κ2) is 9.73. The van der Waals surface area contributed by atoms with Crippen LogP contribution in [0, 0.1) is 5.92 Å². The molecule has 7 nitrogen and oxygen atoms in total. The summed E-state index contributed by atoms with van der Waals surface area (Å²) >= 11 is 0. The van der Waals surface area contributed by atoms with Gasteiger partial charge in [0.05, 0.1) is 17.4 Å². The maximum absolute atomic E-state index is 12.5. The molecule has 1 aromatic heterocycles. The first-order chi connectivity index (χ1) is 13.1. The second-order valence-electron chi connectivity index (χ2n) is 6.88. The number of hydrogen-bond acceptors (Lipinski definition) is 4. The lowest BCUT2D eigenvalue weighted by molar-refractivity contribution is 0.0949. The highest BCUT2D eigenvalue weighted by Crippen LogP contribution is 2.31. The SMILES string of the molecule is Cl.Cl.NC(CNC(=O)c1cccc(NC(=O)c2ccc3nc[nH]c3c2)c1)C1CC1. The maximum Gasteiger partial charge on any atom is 0.255 e. The van der Waals surface area contributed by atoms with Gasteiger partial charge in [0, 0.05) is 29.4 Å². The molecule has 2 aromatic carbocycles. The molecule has 0 bridgehead atoms. The number of rotatable bonds is 6. The number of carbonyl (C=O) groups excluding carboxylic acids is 2. The zero-order chi connectivity index (χ0) is 18.8. The van der Waals surface area contributed by atoms with Crippen LogP contribution in [0.4, 0.5) is 5.69 Å². The number of imidazole rings is 1. The Bertz CT molecular complexity index is 1000. The van der Waals surface area contributed by atoms with Crippen molar-refractivity contribution in [2.45, 2.75) is 18.9 Å². The van der Waals surface area contributed by atoms with Crippen LogP contribution in [0.5, 0.6) is 0 Å². The lowest BCUT2D eigenvalue weighted by atomic mass is 10.1. The number of H-pyrrole nitrogens is 1. The predicted molar refractivity (Wildman–Crippen MR) is 118 cm³/mol. The van der Waals surface area contributed by atoms with Gasteiger partial charge in [-0.1, -0.05) is 6.07 Å². The number of carbonyl (C=O) groups is 2. The number of hydrogen-bond donors (Lipinski definition) is 4. The van der Waals surface area contributed by atoms with Crippen molar-refractivity contribution in [2.75, 3.05) is 11.9 Å². The van der Waals surface area contributed by atoms with Crippen LogP contribution in [0.25, 0.3) is 11.0 Å². The molecule has 2 amide bonds. The predicted octanol–water partition coefficient (Wildman–Crippen LogP) is 3.13. The topological polar surface area (TPSA) is 113 Å². The monoisotopic (exact) mass is 435 g/mol. The summed E-state index contributed by atoms with van der Waals surface area (Å²) in [7, 11) is 0. The van der Waals surface area contributed by atoms with E-state index < -0.39 is 0 Å². The van der Waals surface area contributed by atoms with Crippen LogP contribution < -0.4 is 16.4 Å². The van der Waals surface area contributed by atoms with Gasteiger partial charge < -0.3 is 21.4 Å². The summed E-state index contributed by atoms with van der Waals surface area (Å²) in [6.45, 7) is 0.463. The van der Waals surface area contributed by atoms with Crippen molar-refractivity contribution in [3.63, 3.8) is 0 Å². The normalized spacial score (nSPS) is 13.7. The molecule has 1 aliphatic rings. The number of nitrogens with zero attached hydrogens (tertiary/aromatic N) is 1. The van der Waals surface area contributed by atoms with E-state index in [0.29, 0.717) is 29.3 Å². The van der Waals surface area contributed by atoms with Gasteiger partial charge in [0.2, 0.25) is 0 Å². The fourth-order valence-corrected chi connectivity index (χ4v) is 3.02. The van der Waals surface area contributed by atoms with Gasteiger partial charge in [0.25, 0.3) is 11.8 Å². The Kier molecular flexibility index (Phi) is 7.61. The molecule has 4 rings (SSSR count). The Morgan fingerprint density at radius 3 is 2.62 bits per heavy atom. The summed E-state index contributed by atoms with van der Waals surface area (Å²) in [5.41, 5.74) is 9.17. The van der Waals surface area contributed by atoms with Crippen LogP contribution in [-0.4, -0.2) is 34.4 Å². The highest BCUT2D eigenvalue weighted by molar-refractivity contribution is 6.06. The molecule has 1 unspecified atom stereocenters. The number of nitrogens with one attached hydrogen (secondary N) is 3. The van der Waals surface area contributed by atoms with Gasteiger partial charge in [-0.3, -0.25) is 9.59 Å². The minimum absolute atomic E-state index is 0. The first-order valence-electron chi connectivity index (χ1n) is 8.98. The number of nitrogens with two attached hydrogens (primary N) is 1. The molecular weight excluding hydrogens is 413 g/mol. The summed E-state index contributed by atoms with van der Waals surface area (Å²) in [4.78, 5) is 31.9. The lowest BCUT2D eigenvalue weighted by Gasteiger charge is -2.12. The highest BCUT2D eigenvalue weighted by atomic mass is 35.5. The largest absolute Gasteiger partial charge is 0.350 e. The number of aromatic amines is 1. The molecule has 0 saturated heterocycles. The molecule has 0 spiro atoms. The van der Waals surface area contributed by atoms with Crippen molar-refractivity contribution >= 4 is 53.3 Å². The van der Waals surface area contributed by atoms with E-state index in [0.717, 1.165) is 23.9 Å². The Labute approximate surface area is 180 Å². The quantitative estimate of drug-likeness (QED) is 0.476. The summed E-state index contributed by atoms with van der Waals surface area (Å²) in [5.74, 6) is 0.0871. The first-order valence-corrected chi connectivity index (χ1v) is 8.98. The third-order valence-corrected chi connectivity index (χ3v) is 4.79. The molecule has 1 heterocycles. The summed E-state index contributed by atoms with van der Waals surface area (Å²) < 4.78 is 0. The van der Waals surface area contributed by atoms with Crippen LogP contribution in [0.1, 0.15) is 33.6 Å². The molecular formula is C20H23Cl2N5O2. The van der Waals surface area contributed by atoms with E-state index in [1.54, 1.807) is 48.8 Å². The van der Waals surface area contributed by atoms with E-state index in [1.165, 1.54) is 0 Å². The molecule has 1 saturated carbocycles. The molecule has 1 atom stereocenters. The molecule has 5 N–H and O–H groups in total. The Balaban J connectivity index is 0.00000150. The van der Waals surface area contributed by atoms with Crippen LogP contribution in [0.15, 0.2) is 48.8 Å². The van der Waals surface area contributed by atoms with Crippen molar-refractivity contribution in [1.82, 2.24) is 15.3 Å². The summed E-state index contributed by atoms with van der Waals surface area (Å²) in [6, 6.07) is 12.1. The summed E-state index contributed by atoms with van der Waals surface area (Å²) in [5, 5.41) is 5.69. The van der Waals surface area contributed by atoms with Crippen molar-refractivity contribution < 1.29 is 9.59 Å². The summed E-state index contributed by atoms with van der Waals surface area (Å²) in [6.07, 6.45) is 3.87. The van der Waals surface area contributed by atoms with Crippen molar-refractivity contribution in [3.05, 3.63) is 59.9 Å². The number of benzene rings is 2. The van der Waals surface area contributed by atoms with E-state index in [9.17, 15) is 9.59 Å². The second-order valence-corrected chi connectivity index (χ2v) is 6.88. The number of halogens is 2. The third-order valence-electron chi connectivity index (χ3n) is 4.79. The van der Waals surface area contributed by atoms with Crippen molar-refractivity contribution in [3.8, 4) is 0 Å². The van der Waals surface area contributed by atoms with E-state index in [2.05, 4.69) is 20.6 Å². The molecule has 9 heteroatoms. The first kappa shape index (κ1) is 22.7. The zero-order valence-corrected chi connectivity index (χ0v) is 17.2. The van der Waals surface area contributed by atoms with Crippen molar-refractivity contribution in [1.29, 1.82) is 0 Å². The third kappa shape index (κ3) is 5.47. The number of anilines is 1. The molecule has 154 valence electrons. The molecule has 0 aliphatic heterocycles.